The van der Waals surface area contributed by atoms with Gasteiger partial charge < -0.3 is 9.88 Å². The maximum Gasteiger partial charge on any atom is 0.268 e. The van der Waals surface area contributed by atoms with E-state index in [1.165, 1.54) is 0 Å². The molecule has 0 spiro atoms. The molecule has 2 aromatic carbocycles. The minimum absolute atomic E-state index is 0.00600. The van der Waals surface area contributed by atoms with E-state index in [2.05, 4.69) is 5.32 Å². The molecule has 1 amide bonds. The van der Waals surface area contributed by atoms with E-state index in [1.54, 1.807) is 35.9 Å². The molecule has 0 radical (unpaired) electrons. The highest BCUT2D eigenvalue weighted by Gasteiger charge is 2.32. The number of fused-ring (bicyclic) bond motifs is 1. The molecule has 1 saturated heterocycles. The van der Waals surface area contributed by atoms with Gasteiger partial charge in [-0.15, -0.1) is 0 Å². The van der Waals surface area contributed by atoms with E-state index >= 15 is 0 Å². The lowest BCUT2D eigenvalue weighted by Crippen LogP contribution is -2.41. The van der Waals surface area contributed by atoms with Crippen LogP contribution >= 0.6 is 0 Å². The molecule has 2 heterocycles. The molecule has 0 unspecified atom stereocenters. The van der Waals surface area contributed by atoms with Crippen molar-refractivity contribution in [3.63, 3.8) is 0 Å². The van der Waals surface area contributed by atoms with Gasteiger partial charge in [0, 0.05) is 30.0 Å². The Labute approximate surface area is 255 Å². The van der Waals surface area contributed by atoms with Crippen LogP contribution in [-0.2, 0) is 26.7 Å². The summed E-state index contributed by atoms with van der Waals surface area (Å²) in [6, 6.07) is 12.2. The van der Waals surface area contributed by atoms with Crippen molar-refractivity contribution in [3.05, 3.63) is 53.9 Å². The minimum Gasteiger partial charge on any atom is -0.348 e. The van der Waals surface area contributed by atoms with E-state index in [-0.39, 0.29) is 45.8 Å². The van der Waals surface area contributed by atoms with E-state index in [0.29, 0.717) is 46.1 Å². The average Bonchev–Trinajstić information content (AvgIpc) is 3.29. The van der Waals surface area contributed by atoms with Crippen molar-refractivity contribution in [1.82, 2.24) is 9.88 Å². The summed E-state index contributed by atoms with van der Waals surface area (Å²) in [5, 5.41) is 4.28. The van der Waals surface area contributed by atoms with E-state index in [1.807, 2.05) is 39.0 Å². The first kappa shape index (κ1) is 31.4. The standard InChI is InChI=1S/C33H42N2O6S2/c1-33(2,3)21-43(40,41)29-15-14-25(24-12-8-9-13-26(24)29)27-20-28(32(37)34-23-16-18-42(38,39)19-17-23)35(4)30(27)31(36)22-10-6-5-7-11-22/h8-9,12-15,20,22-23H,5-7,10-11,16-19,21H2,1-4H3,(H,34,37). The van der Waals surface area contributed by atoms with E-state index < -0.39 is 25.1 Å². The summed E-state index contributed by atoms with van der Waals surface area (Å²) in [7, 11) is -4.96. The Morgan fingerprint density at radius 3 is 2.16 bits per heavy atom. The van der Waals surface area contributed by atoms with Gasteiger partial charge in [-0.1, -0.05) is 70.4 Å². The van der Waals surface area contributed by atoms with Gasteiger partial charge in [0.25, 0.3) is 5.91 Å². The first-order chi connectivity index (χ1) is 20.2. The number of rotatable bonds is 7. The number of hydrogen-bond acceptors (Lipinski definition) is 6. The highest BCUT2D eigenvalue weighted by atomic mass is 32.2. The summed E-state index contributed by atoms with van der Waals surface area (Å²) in [5.74, 6) is -0.431. The molecule has 0 atom stereocenters. The van der Waals surface area contributed by atoms with Crippen molar-refractivity contribution in [2.24, 2.45) is 18.4 Å². The molecule has 1 aliphatic heterocycles. The third kappa shape index (κ3) is 6.75. The summed E-state index contributed by atoms with van der Waals surface area (Å²) in [6.07, 6.45) is 5.37. The fraction of sp³-hybridized carbons (Fsp3) is 0.515. The largest absolute Gasteiger partial charge is 0.348 e. The molecule has 8 nitrogen and oxygen atoms in total. The van der Waals surface area contributed by atoms with Crippen molar-refractivity contribution < 1.29 is 26.4 Å². The Morgan fingerprint density at radius 1 is 0.907 bits per heavy atom. The van der Waals surface area contributed by atoms with E-state index in [4.69, 9.17) is 0 Å². The van der Waals surface area contributed by atoms with Crippen LogP contribution in [0, 0.1) is 11.3 Å². The number of carbonyl (C=O) groups excluding carboxylic acids is 2. The number of nitrogens with zero attached hydrogens (tertiary/aromatic N) is 1. The van der Waals surface area contributed by atoms with Crippen LogP contribution in [0.15, 0.2) is 47.4 Å². The van der Waals surface area contributed by atoms with Crippen LogP contribution < -0.4 is 5.32 Å². The van der Waals surface area contributed by atoms with Crippen molar-refractivity contribution in [2.45, 2.75) is 76.7 Å². The Morgan fingerprint density at radius 2 is 1.53 bits per heavy atom. The summed E-state index contributed by atoms with van der Waals surface area (Å²) < 4.78 is 52.5. The maximum absolute atomic E-state index is 14.1. The molecule has 1 saturated carbocycles. The fourth-order valence-corrected chi connectivity index (χ4v) is 10.2. The number of nitrogens with one attached hydrogen (secondary N) is 1. The van der Waals surface area contributed by atoms with E-state index in [9.17, 15) is 26.4 Å². The number of carbonyl (C=O) groups is 2. The number of sulfone groups is 2. The zero-order valence-electron chi connectivity index (χ0n) is 25.5. The molecule has 1 aliphatic carbocycles. The van der Waals surface area contributed by atoms with Crippen LogP contribution in [0.5, 0.6) is 0 Å². The average molecular weight is 627 g/mol. The van der Waals surface area contributed by atoms with Crippen LogP contribution in [0.2, 0.25) is 0 Å². The highest BCUT2D eigenvalue weighted by molar-refractivity contribution is 7.91. The van der Waals surface area contributed by atoms with Gasteiger partial charge in [-0.3, -0.25) is 9.59 Å². The summed E-state index contributed by atoms with van der Waals surface area (Å²) in [5.41, 5.74) is 1.63. The molecule has 2 fully saturated rings. The van der Waals surface area contributed by atoms with Gasteiger partial charge in [-0.25, -0.2) is 16.8 Å². The fourth-order valence-electron chi connectivity index (χ4n) is 6.60. The Balaban J connectivity index is 1.62. The number of amides is 1. The molecule has 1 aromatic heterocycles. The van der Waals surface area contributed by atoms with Gasteiger partial charge in [-0.2, -0.15) is 0 Å². The van der Waals surface area contributed by atoms with Gasteiger partial charge >= 0.3 is 0 Å². The zero-order valence-corrected chi connectivity index (χ0v) is 27.1. The summed E-state index contributed by atoms with van der Waals surface area (Å²) in [4.78, 5) is 28.0. The van der Waals surface area contributed by atoms with Crippen LogP contribution in [-0.4, -0.2) is 56.4 Å². The Hall–Kier alpha value is -2.98. The third-order valence-corrected chi connectivity index (χ3v) is 12.7. The molecule has 10 heteroatoms. The number of ketones is 1. The predicted octanol–water partition coefficient (Wildman–Crippen LogP) is 5.74. The van der Waals surface area contributed by atoms with Gasteiger partial charge in [-0.05, 0) is 54.2 Å². The lowest BCUT2D eigenvalue weighted by atomic mass is 9.84. The first-order valence-corrected chi connectivity index (χ1v) is 18.6. The smallest absolute Gasteiger partial charge is 0.268 e. The second kappa shape index (κ2) is 11.8. The molecule has 5 rings (SSSR count). The highest BCUT2D eigenvalue weighted by Crippen LogP contribution is 2.39. The SMILES string of the molecule is Cn1c(C(=O)NC2CCS(=O)(=O)CC2)cc(-c2ccc(S(=O)(=O)CC(C)(C)C)c3ccccc23)c1C(=O)C1CCCCC1. The Bertz CT molecular complexity index is 1760. The van der Waals surface area contributed by atoms with E-state index in [0.717, 1.165) is 32.1 Å². The molecule has 232 valence electrons. The van der Waals surface area contributed by atoms with Crippen LogP contribution in [0.4, 0.5) is 0 Å². The number of Topliss-reactive ketones (excluding diaryl/α,β-unsaturated/α-hetero) is 1. The van der Waals surface area contributed by atoms with Crippen LogP contribution in [0.3, 0.4) is 0 Å². The molecule has 0 bridgehead atoms. The van der Waals surface area contributed by atoms with Crippen molar-refractivity contribution in [2.75, 3.05) is 17.3 Å². The molecule has 43 heavy (non-hydrogen) atoms. The topological polar surface area (TPSA) is 119 Å². The monoisotopic (exact) mass is 626 g/mol. The summed E-state index contributed by atoms with van der Waals surface area (Å²) in [6.45, 7) is 5.69. The molecular formula is C33H42N2O6S2. The molecule has 1 N–H and O–H groups in total. The number of hydrogen-bond donors (Lipinski definition) is 1. The number of aromatic nitrogens is 1. The normalized spacial score (nSPS) is 18.5. The quantitative estimate of drug-likeness (QED) is 0.335. The second-order valence-electron chi connectivity index (χ2n) is 13.4. The van der Waals surface area contributed by atoms with Crippen LogP contribution in [0.25, 0.3) is 21.9 Å². The lowest BCUT2D eigenvalue weighted by molar-refractivity contribution is 0.0881. The predicted molar refractivity (Wildman–Crippen MR) is 170 cm³/mol. The lowest BCUT2D eigenvalue weighted by Gasteiger charge is -2.23. The minimum atomic E-state index is -3.61. The third-order valence-electron chi connectivity index (χ3n) is 8.70. The first-order valence-electron chi connectivity index (χ1n) is 15.2. The van der Waals surface area contributed by atoms with Crippen molar-refractivity contribution >= 4 is 42.1 Å². The van der Waals surface area contributed by atoms with Crippen LogP contribution in [0.1, 0.15) is 86.7 Å². The maximum atomic E-state index is 14.1. The molecule has 2 aliphatic rings. The van der Waals surface area contributed by atoms with Gasteiger partial charge in [0.15, 0.2) is 15.6 Å². The zero-order chi connectivity index (χ0) is 31.2. The molecule has 3 aromatic rings. The Kier molecular flexibility index (Phi) is 8.66. The van der Waals surface area contributed by atoms with Gasteiger partial charge in [0.1, 0.15) is 15.5 Å². The van der Waals surface area contributed by atoms with Crippen molar-refractivity contribution in [3.8, 4) is 11.1 Å². The van der Waals surface area contributed by atoms with Crippen molar-refractivity contribution in [1.29, 1.82) is 0 Å². The number of benzene rings is 2. The molecular weight excluding hydrogens is 585 g/mol. The summed E-state index contributed by atoms with van der Waals surface area (Å²) >= 11 is 0. The van der Waals surface area contributed by atoms with Gasteiger partial charge in [0.05, 0.1) is 27.8 Å². The second-order valence-corrected chi connectivity index (χ2v) is 17.7. The van der Waals surface area contributed by atoms with Gasteiger partial charge in [0.2, 0.25) is 0 Å².